The fourth-order valence-electron chi connectivity index (χ4n) is 3.26. The van der Waals surface area contributed by atoms with Crippen molar-refractivity contribution in [2.45, 2.75) is 33.2 Å². The molecule has 3 aromatic carbocycles. The van der Waals surface area contributed by atoms with Crippen molar-refractivity contribution in [3.63, 3.8) is 0 Å². The molecule has 0 saturated carbocycles. The lowest BCUT2D eigenvalue weighted by molar-refractivity contribution is -0.120. The number of amides is 1. The van der Waals surface area contributed by atoms with Gasteiger partial charge in [-0.25, -0.2) is 4.39 Å². The number of halogens is 2. The van der Waals surface area contributed by atoms with Crippen LogP contribution in [0.5, 0.6) is 0 Å². The summed E-state index contributed by atoms with van der Waals surface area (Å²) < 4.78 is 13.9. The molecule has 0 heterocycles. The number of hydrogen-bond acceptors (Lipinski definition) is 2. The summed E-state index contributed by atoms with van der Waals surface area (Å²) in [4.78, 5) is 15.0. The number of carbonyl (C=O) groups is 1. The number of hydrogen-bond donors (Lipinski definition) is 1. The molecule has 0 bridgehead atoms. The number of nitrogens with zero attached hydrogens (tertiary/aromatic N) is 1. The number of nitrogens with two attached hydrogens (primary N) is 1. The summed E-state index contributed by atoms with van der Waals surface area (Å²) in [6, 6.07) is 19.7. The van der Waals surface area contributed by atoms with Gasteiger partial charge in [-0.3, -0.25) is 4.79 Å². The van der Waals surface area contributed by atoms with Gasteiger partial charge in [0.25, 0.3) is 0 Å². The van der Waals surface area contributed by atoms with Crippen molar-refractivity contribution in [2.24, 2.45) is 5.73 Å². The third-order valence-corrected chi connectivity index (χ3v) is 5.35. The number of anilines is 1. The summed E-state index contributed by atoms with van der Waals surface area (Å²) in [5.41, 5.74) is 11.6. The van der Waals surface area contributed by atoms with Crippen LogP contribution in [0.15, 0.2) is 66.7 Å². The number of carbonyl (C=O) groups excluding carboxylic acids is 1. The summed E-state index contributed by atoms with van der Waals surface area (Å²) in [7, 11) is 0. The normalized spacial score (nSPS) is 11.5. The minimum absolute atomic E-state index is 0. The fourth-order valence-corrected chi connectivity index (χ4v) is 3.26. The van der Waals surface area contributed by atoms with Crippen LogP contribution >= 0.6 is 12.4 Å². The monoisotopic (exact) mass is 426 g/mol. The van der Waals surface area contributed by atoms with E-state index in [9.17, 15) is 9.18 Å². The maximum absolute atomic E-state index is 13.9. The maximum atomic E-state index is 13.9. The second-order valence-electron chi connectivity index (χ2n) is 7.48. The molecular formula is C25H28ClFN2O. The highest BCUT2D eigenvalue weighted by Crippen LogP contribution is 2.23. The predicted molar refractivity (Wildman–Crippen MR) is 124 cm³/mol. The van der Waals surface area contributed by atoms with E-state index in [2.05, 4.69) is 0 Å². The lowest BCUT2D eigenvalue weighted by atomic mass is 10.0. The molecule has 1 unspecified atom stereocenters. The van der Waals surface area contributed by atoms with Crippen molar-refractivity contribution in [2.75, 3.05) is 11.4 Å². The summed E-state index contributed by atoms with van der Waals surface area (Å²) in [5.74, 6) is -0.403. The fraction of sp³-hybridized carbons (Fsp3) is 0.240. The Morgan fingerprint density at radius 3 is 2.23 bits per heavy atom. The molecule has 3 nitrogen and oxygen atoms in total. The Hall–Kier alpha value is -2.69. The Morgan fingerprint density at radius 2 is 1.60 bits per heavy atom. The van der Waals surface area contributed by atoms with E-state index in [-0.39, 0.29) is 24.1 Å². The molecule has 0 aromatic heterocycles. The van der Waals surface area contributed by atoms with Crippen molar-refractivity contribution >= 4 is 24.0 Å². The lowest BCUT2D eigenvalue weighted by Gasteiger charge is -2.27. The van der Waals surface area contributed by atoms with Gasteiger partial charge in [0.1, 0.15) is 11.9 Å². The van der Waals surface area contributed by atoms with Crippen LogP contribution in [0, 0.1) is 26.6 Å². The van der Waals surface area contributed by atoms with Crippen molar-refractivity contribution in [1.29, 1.82) is 0 Å². The molecule has 0 aliphatic carbocycles. The van der Waals surface area contributed by atoms with E-state index < -0.39 is 6.04 Å². The smallest absolute Gasteiger partial charge is 0.248 e. The van der Waals surface area contributed by atoms with Crippen LogP contribution in [0.25, 0.3) is 0 Å². The molecule has 0 aliphatic rings. The first-order chi connectivity index (χ1) is 13.9. The van der Waals surface area contributed by atoms with Crippen LogP contribution in [0.2, 0.25) is 0 Å². The predicted octanol–water partition coefficient (Wildman–Crippen LogP) is 5.45. The SMILES string of the molecule is Cc1ccc(N(CCc2ccc(C)c(F)c2)C(=O)C(N)c2ccccc2)cc1C.Cl. The zero-order valence-corrected chi connectivity index (χ0v) is 18.4. The largest absolute Gasteiger partial charge is 0.316 e. The van der Waals surface area contributed by atoms with E-state index in [0.29, 0.717) is 18.5 Å². The van der Waals surface area contributed by atoms with Gasteiger partial charge >= 0.3 is 0 Å². The van der Waals surface area contributed by atoms with Crippen molar-refractivity contribution in [3.05, 3.63) is 100 Å². The molecule has 0 radical (unpaired) electrons. The number of benzene rings is 3. The highest BCUT2D eigenvalue weighted by Gasteiger charge is 2.24. The number of aryl methyl sites for hydroxylation is 3. The number of rotatable bonds is 6. The van der Waals surface area contributed by atoms with E-state index in [1.54, 1.807) is 17.9 Å². The topological polar surface area (TPSA) is 46.3 Å². The quantitative estimate of drug-likeness (QED) is 0.569. The molecule has 1 amide bonds. The Balaban J connectivity index is 0.00000320. The molecule has 2 N–H and O–H groups in total. The standard InChI is InChI=1S/C25H27FN2O.ClH/c1-17-10-12-22(15-19(17)3)28(14-13-20-11-9-18(2)23(26)16-20)25(29)24(27)21-7-5-4-6-8-21;/h4-12,15-16,24H,13-14,27H2,1-3H3;1H. The molecule has 0 spiro atoms. The Labute approximate surface area is 184 Å². The van der Waals surface area contributed by atoms with Crippen LogP contribution in [0.4, 0.5) is 10.1 Å². The first-order valence-corrected chi connectivity index (χ1v) is 9.81. The van der Waals surface area contributed by atoms with E-state index >= 15 is 0 Å². The first kappa shape index (κ1) is 23.6. The molecule has 5 heteroatoms. The second kappa shape index (κ2) is 10.4. The Kier molecular flexibility index (Phi) is 8.16. The molecule has 0 aliphatic heterocycles. The molecule has 3 rings (SSSR count). The second-order valence-corrected chi connectivity index (χ2v) is 7.48. The molecule has 3 aromatic rings. The summed E-state index contributed by atoms with van der Waals surface area (Å²) in [6.07, 6.45) is 0.539. The third kappa shape index (κ3) is 5.47. The van der Waals surface area contributed by atoms with Crippen LogP contribution in [0.3, 0.4) is 0 Å². The minimum atomic E-state index is -0.757. The van der Waals surface area contributed by atoms with Crippen LogP contribution < -0.4 is 10.6 Å². The van der Waals surface area contributed by atoms with Gasteiger partial charge in [-0.1, -0.05) is 48.5 Å². The minimum Gasteiger partial charge on any atom is -0.316 e. The van der Waals surface area contributed by atoms with Gasteiger partial charge in [-0.15, -0.1) is 12.4 Å². The van der Waals surface area contributed by atoms with Gasteiger partial charge < -0.3 is 10.6 Å². The Bertz CT molecular complexity index is 1010. The van der Waals surface area contributed by atoms with Gasteiger partial charge in [-0.2, -0.15) is 0 Å². The molecule has 158 valence electrons. The highest BCUT2D eigenvalue weighted by atomic mass is 35.5. The van der Waals surface area contributed by atoms with Crippen LogP contribution in [-0.4, -0.2) is 12.5 Å². The molecular weight excluding hydrogens is 399 g/mol. The molecule has 30 heavy (non-hydrogen) atoms. The summed E-state index contributed by atoms with van der Waals surface area (Å²) in [6.45, 7) is 6.22. The van der Waals surface area contributed by atoms with Crippen LogP contribution in [-0.2, 0) is 11.2 Å². The third-order valence-electron chi connectivity index (χ3n) is 5.35. The molecule has 0 fully saturated rings. The van der Waals surface area contributed by atoms with Gasteiger partial charge in [0.15, 0.2) is 0 Å². The first-order valence-electron chi connectivity index (χ1n) is 9.81. The molecule has 1 atom stereocenters. The average molecular weight is 427 g/mol. The van der Waals surface area contributed by atoms with E-state index in [4.69, 9.17) is 5.73 Å². The van der Waals surface area contributed by atoms with Gasteiger partial charge in [0.2, 0.25) is 5.91 Å². The lowest BCUT2D eigenvalue weighted by Crippen LogP contribution is -2.40. The zero-order valence-electron chi connectivity index (χ0n) is 17.6. The molecule has 0 saturated heterocycles. The van der Waals surface area contributed by atoms with Gasteiger partial charge in [0.05, 0.1) is 0 Å². The average Bonchev–Trinajstić information content (AvgIpc) is 2.73. The van der Waals surface area contributed by atoms with Gasteiger partial charge in [0, 0.05) is 12.2 Å². The summed E-state index contributed by atoms with van der Waals surface area (Å²) >= 11 is 0. The van der Waals surface area contributed by atoms with E-state index in [1.165, 1.54) is 6.07 Å². The maximum Gasteiger partial charge on any atom is 0.248 e. The van der Waals surface area contributed by atoms with E-state index in [1.807, 2.05) is 68.4 Å². The van der Waals surface area contributed by atoms with Crippen molar-refractivity contribution < 1.29 is 9.18 Å². The Morgan fingerprint density at radius 1 is 0.933 bits per heavy atom. The van der Waals surface area contributed by atoms with Gasteiger partial charge in [-0.05, 0) is 73.2 Å². The van der Waals surface area contributed by atoms with Crippen molar-refractivity contribution in [1.82, 2.24) is 0 Å². The highest BCUT2D eigenvalue weighted by molar-refractivity contribution is 5.97. The zero-order chi connectivity index (χ0) is 21.0. The van der Waals surface area contributed by atoms with Crippen molar-refractivity contribution in [3.8, 4) is 0 Å². The van der Waals surface area contributed by atoms with Crippen LogP contribution in [0.1, 0.15) is 33.9 Å². The van der Waals surface area contributed by atoms with E-state index in [0.717, 1.165) is 27.9 Å². The summed E-state index contributed by atoms with van der Waals surface area (Å²) in [5, 5.41) is 0.